The van der Waals surface area contributed by atoms with Crippen molar-refractivity contribution < 1.29 is 12.8 Å². The molecule has 17 heavy (non-hydrogen) atoms. The third-order valence-electron chi connectivity index (χ3n) is 2.68. The molecular weight excluding hydrogens is 241 g/mol. The van der Waals surface area contributed by atoms with Crippen LogP contribution in [0.3, 0.4) is 0 Å². The molecular formula is C12H18FNO2S. The normalized spacial score (nSPS) is 14.6. The fraction of sp³-hybridized carbons (Fsp3) is 0.500. The summed E-state index contributed by atoms with van der Waals surface area (Å²) >= 11 is 0. The lowest BCUT2D eigenvalue weighted by Crippen LogP contribution is -2.41. The summed E-state index contributed by atoms with van der Waals surface area (Å²) in [5.74, 6) is -0.591. The molecule has 1 unspecified atom stereocenters. The van der Waals surface area contributed by atoms with Gasteiger partial charge in [0.25, 0.3) is 0 Å². The van der Waals surface area contributed by atoms with Crippen molar-refractivity contribution in [2.45, 2.75) is 31.7 Å². The summed E-state index contributed by atoms with van der Waals surface area (Å²) in [5, 5.41) is 0. The van der Waals surface area contributed by atoms with Crippen LogP contribution in [0.25, 0.3) is 0 Å². The van der Waals surface area contributed by atoms with Crippen molar-refractivity contribution in [2.24, 2.45) is 11.1 Å². The van der Waals surface area contributed by atoms with Gasteiger partial charge in [0, 0.05) is 6.04 Å². The molecule has 0 aliphatic heterocycles. The Labute approximate surface area is 102 Å². The Morgan fingerprint density at radius 3 is 2.12 bits per heavy atom. The standard InChI is InChI=1S/C12H18FNO2S/c1-12(2,3)11(14)8-17(15,16)10-6-4-9(13)5-7-10/h4-7,11H,8,14H2,1-3H3. The van der Waals surface area contributed by atoms with Gasteiger partial charge in [-0.1, -0.05) is 20.8 Å². The molecule has 0 saturated carbocycles. The maximum absolute atomic E-state index is 12.7. The zero-order valence-corrected chi connectivity index (χ0v) is 11.1. The number of benzene rings is 1. The molecule has 0 spiro atoms. The molecule has 2 N–H and O–H groups in total. The first-order chi connectivity index (χ1) is 7.63. The highest BCUT2D eigenvalue weighted by Gasteiger charge is 2.27. The SMILES string of the molecule is CC(C)(C)C(N)CS(=O)(=O)c1ccc(F)cc1. The summed E-state index contributed by atoms with van der Waals surface area (Å²) in [7, 11) is -3.45. The van der Waals surface area contributed by atoms with Crippen molar-refractivity contribution >= 4 is 9.84 Å². The Hall–Kier alpha value is -0.940. The second kappa shape index (κ2) is 4.74. The highest BCUT2D eigenvalue weighted by Crippen LogP contribution is 2.21. The van der Waals surface area contributed by atoms with E-state index in [1.807, 2.05) is 20.8 Å². The Morgan fingerprint density at radius 2 is 1.71 bits per heavy atom. The smallest absolute Gasteiger partial charge is 0.179 e. The van der Waals surface area contributed by atoms with Crippen LogP contribution in [0.1, 0.15) is 20.8 Å². The molecule has 1 aromatic rings. The lowest BCUT2D eigenvalue weighted by atomic mass is 9.89. The minimum absolute atomic E-state index is 0.110. The molecule has 96 valence electrons. The Morgan fingerprint density at radius 1 is 1.24 bits per heavy atom. The highest BCUT2D eigenvalue weighted by atomic mass is 32.2. The lowest BCUT2D eigenvalue weighted by molar-refractivity contribution is 0.340. The average molecular weight is 259 g/mol. The number of halogens is 1. The van der Waals surface area contributed by atoms with Gasteiger partial charge in [0.05, 0.1) is 10.6 Å². The third kappa shape index (κ3) is 3.78. The van der Waals surface area contributed by atoms with Crippen molar-refractivity contribution in [1.29, 1.82) is 0 Å². The van der Waals surface area contributed by atoms with E-state index >= 15 is 0 Å². The van der Waals surface area contributed by atoms with Crippen LogP contribution in [0.5, 0.6) is 0 Å². The second-order valence-corrected chi connectivity index (χ2v) is 7.24. The summed E-state index contributed by atoms with van der Waals surface area (Å²) in [4.78, 5) is 0.110. The monoisotopic (exact) mass is 259 g/mol. The molecule has 0 bridgehead atoms. The summed E-state index contributed by atoms with van der Waals surface area (Å²) in [5.41, 5.74) is 5.57. The molecule has 0 heterocycles. The van der Waals surface area contributed by atoms with E-state index in [9.17, 15) is 12.8 Å². The predicted octanol–water partition coefficient (Wildman–Crippen LogP) is 1.97. The maximum atomic E-state index is 12.7. The number of rotatable bonds is 3. The van der Waals surface area contributed by atoms with Gasteiger partial charge in [0.15, 0.2) is 9.84 Å². The predicted molar refractivity (Wildman–Crippen MR) is 65.9 cm³/mol. The number of hydrogen-bond donors (Lipinski definition) is 1. The molecule has 5 heteroatoms. The van der Waals surface area contributed by atoms with Gasteiger partial charge in [0.1, 0.15) is 5.82 Å². The van der Waals surface area contributed by atoms with Crippen LogP contribution < -0.4 is 5.73 Å². The van der Waals surface area contributed by atoms with Crippen LogP contribution >= 0.6 is 0 Å². The largest absolute Gasteiger partial charge is 0.326 e. The first-order valence-corrected chi connectivity index (χ1v) is 7.02. The molecule has 0 aliphatic carbocycles. The summed E-state index contributed by atoms with van der Waals surface area (Å²) in [6.45, 7) is 5.66. The molecule has 0 aromatic heterocycles. The zero-order chi connectivity index (χ0) is 13.3. The number of hydrogen-bond acceptors (Lipinski definition) is 3. The van der Waals surface area contributed by atoms with Crippen molar-refractivity contribution in [3.63, 3.8) is 0 Å². The van der Waals surface area contributed by atoms with Gasteiger partial charge in [-0.15, -0.1) is 0 Å². The van der Waals surface area contributed by atoms with Gasteiger partial charge in [-0.3, -0.25) is 0 Å². The van der Waals surface area contributed by atoms with E-state index in [-0.39, 0.29) is 16.1 Å². The van der Waals surface area contributed by atoms with Crippen LogP contribution in [-0.4, -0.2) is 20.2 Å². The molecule has 1 aromatic carbocycles. The van der Waals surface area contributed by atoms with Crippen LogP contribution in [0.2, 0.25) is 0 Å². The maximum Gasteiger partial charge on any atom is 0.179 e. The van der Waals surface area contributed by atoms with Gasteiger partial charge < -0.3 is 5.73 Å². The quantitative estimate of drug-likeness (QED) is 0.844. The van der Waals surface area contributed by atoms with Gasteiger partial charge in [-0.05, 0) is 29.7 Å². The Bertz CT molecular complexity index is 474. The fourth-order valence-electron chi connectivity index (χ4n) is 1.22. The van der Waals surface area contributed by atoms with Crippen LogP contribution in [0.15, 0.2) is 29.2 Å². The first kappa shape index (κ1) is 14.1. The summed E-state index contributed by atoms with van der Waals surface area (Å²) in [6, 6.07) is 4.34. The van der Waals surface area contributed by atoms with Gasteiger partial charge >= 0.3 is 0 Å². The van der Waals surface area contributed by atoms with Crippen LogP contribution in [-0.2, 0) is 9.84 Å². The van der Waals surface area contributed by atoms with E-state index in [1.165, 1.54) is 12.1 Å². The van der Waals surface area contributed by atoms with E-state index in [4.69, 9.17) is 5.73 Å². The van der Waals surface area contributed by atoms with E-state index in [1.54, 1.807) is 0 Å². The van der Waals surface area contributed by atoms with Gasteiger partial charge in [-0.25, -0.2) is 12.8 Å². The lowest BCUT2D eigenvalue weighted by Gasteiger charge is -2.26. The molecule has 1 rings (SSSR count). The molecule has 0 aliphatic rings. The number of nitrogens with two attached hydrogens (primary N) is 1. The summed E-state index contributed by atoms with van der Waals surface area (Å²) in [6.07, 6.45) is 0. The van der Waals surface area contributed by atoms with Crippen LogP contribution in [0.4, 0.5) is 4.39 Å². The van der Waals surface area contributed by atoms with E-state index < -0.39 is 21.7 Å². The second-order valence-electron chi connectivity index (χ2n) is 5.21. The third-order valence-corrected chi connectivity index (χ3v) is 4.47. The Kier molecular flexibility index (Phi) is 3.94. The number of sulfone groups is 1. The van der Waals surface area contributed by atoms with E-state index in [2.05, 4.69) is 0 Å². The van der Waals surface area contributed by atoms with Crippen molar-refractivity contribution in [3.8, 4) is 0 Å². The Balaban J connectivity index is 2.94. The molecule has 0 radical (unpaired) electrons. The summed E-state index contributed by atoms with van der Waals surface area (Å²) < 4.78 is 36.7. The van der Waals surface area contributed by atoms with E-state index in [0.29, 0.717) is 0 Å². The zero-order valence-electron chi connectivity index (χ0n) is 10.3. The molecule has 3 nitrogen and oxygen atoms in total. The molecule has 0 amide bonds. The van der Waals surface area contributed by atoms with Crippen molar-refractivity contribution in [2.75, 3.05) is 5.75 Å². The topological polar surface area (TPSA) is 60.2 Å². The fourth-order valence-corrected chi connectivity index (χ4v) is 2.94. The van der Waals surface area contributed by atoms with Crippen molar-refractivity contribution in [3.05, 3.63) is 30.1 Å². The van der Waals surface area contributed by atoms with Gasteiger partial charge in [-0.2, -0.15) is 0 Å². The minimum Gasteiger partial charge on any atom is -0.326 e. The van der Waals surface area contributed by atoms with Crippen LogP contribution in [0, 0.1) is 11.2 Å². The average Bonchev–Trinajstić information content (AvgIpc) is 2.16. The van der Waals surface area contributed by atoms with Gasteiger partial charge in [0.2, 0.25) is 0 Å². The van der Waals surface area contributed by atoms with E-state index in [0.717, 1.165) is 12.1 Å². The highest BCUT2D eigenvalue weighted by molar-refractivity contribution is 7.91. The molecule has 0 saturated heterocycles. The molecule has 1 atom stereocenters. The minimum atomic E-state index is -3.45. The first-order valence-electron chi connectivity index (χ1n) is 5.37. The van der Waals surface area contributed by atoms with Crippen molar-refractivity contribution in [1.82, 2.24) is 0 Å². The molecule has 0 fully saturated rings.